The van der Waals surface area contributed by atoms with Crippen LogP contribution in [0, 0.1) is 0 Å². The first-order valence-corrected chi connectivity index (χ1v) is 5.84. The number of aromatic nitrogens is 3. The van der Waals surface area contributed by atoms with Crippen LogP contribution in [0.15, 0.2) is 30.5 Å². The van der Waals surface area contributed by atoms with Crippen LogP contribution < -0.4 is 4.74 Å². The van der Waals surface area contributed by atoms with Crippen molar-refractivity contribution in [3.63, 3.8) is 0 Å². The van der Waals surface area contributed by atoms with Crippen LogP contribution >= 0.6 is 0 Å². The van der Waals surface area contributed by atoms with Crippen molar-refractivity contribution in [2.24, 2.45) is 0 Å². The lowest BCUT2D eigenvalue weighted by Crippen LogP contribution is -2.17. The molecule has 0 fully saturated rings. The normalized spacial score (nSPS) is 11.2. The molecular formula is C12H10F3N3O3. The van der Waals surface area contributed by atoms with E-state index in [0.717, 1.165) is 16.8 Å². The Labute approximate surface area is 117 Å². The summed E-state index contributed by atoms with van der Waals surface area (Å²) in [7, 11) is 0. The van der Waals surface area contributed by atoms with Gasteiger partial charge in [-0.1, -0.05) is 11.3 Å². The molecule has 0 N–H and O–H groups in total. The Morgan fingerprint density at radius 2 is 2.14 bits per heavy atom. The number of ether oxygens (including phenoxy) is 2. The lowest BCUT2D eigenvalue weighted by Gasteiger charge is -2.09. The number of rotatable bonds is 4. The SMILES string of the molecule is CCOC(=O)c1cn(-c2cccc(OC(F)(F)F)c2)nn1. The molecule has 0 saturated heterocycles. The van der Waals surface area contributed by atoms with E-state index in [4.69, 9.17) is 4.74 Å². The van der Waals surface area contributed by atoms with E-state index in [-0.39, 0.29) is 18.0 Å². The third-order valence-corrected chi connectivity index (χ3v) is 2.29. The minimum absolute atomic E-state index is 0.0426. The first-order valence-electron chi connectivity index (χ1n) is 5.84. The molecule has 9 heteroatoms. The molecule has 1 aromatic carbocycles. The van der Waals surface area contributed by atoms with Crippen LogP contribution in [0.4, 0.5) is 13.2 Å². The van der Waals surface area contributed by atoms with E-state index in [1.54, 1.807) is 6.92 Å². The summed E-state index contributed by atoms with van der Waals surface area (Å²) in [4.78, 5) is 11.4. The number of nitrogens with zero attached hydrogens (tertiary/aromatic N) is 3. The van der Waals surface area contributed by atoms with Crippen LogP contribution in [0.5, 0.6) is 5.75 Å². The fourth-order valence-electron chi connectivity index (χ4n) is 1.51. The smallest absolute Gasteiger partial charge is 0.461 e. The molecule has 0 atom stereocenters. The Bertz CT molecular complexity index is 640. The van der Waals surface area contributed by atoms with Gasteiger partial charge in [0.25, 0.3) is 0 Å². The molecule has 2 rings (SSSR count). The van der Waals surface area contributed by atoms with Crippen molar-refractivity contribution < 1.29 is 27.4 Å². The second-order valence-corrected chi connectivity index (χ2v) is 3.81. The summed E-state index contributed by atoms with van der Waals surface area (Å²) in [5.41, 5.74) is 0.221. The summed E-state index contributed by atoms with van der Waals surface area (Å²) in [6.45, 7) is 1.82. The molecule has 0 aliphatic carbocycles. The topological polar surface area (TPSA) is 66.2 Å². The molecule has 1 heterocycles. The van der Waals surface area contributed by atoms with E-state index in [0.29, 0.717) is 0 Å². The number of carbonyl (C=O) groups is 1. The molecular weight excluding hydrogens is 291 g/mol. The predicted octanol–water partition coefficient (Wildman–Crippen LogP) is 2.34. The number of benzene rings is 1. The summed E-state index contributed by atoms with van der Waals surface area (Å²) in [5, 5.41) is 7.25. The van der Waals surface area contributed by atoms with E-state index in [1.807, 2.05) is 0 Å². The molecule has 112 valence electrons. The highest BCUT2D eigenvalue weighted by Crippen LogP contribution is 2.24. The summed E-state index contributed by atoms with van der Waals surface area (Å²) < 4.78 is 46.1. The van der Waals surface area contributed by atoms with Gasteiger partial charge in [-0.05, 0) is 19.1 Å². The lowest BCUT2D eigenvalue weighted by molar-refractivity contribution is -0.274. The van der Waals surface area contributed by atoms with Gasteiger partial charge in [-0.2, -0.15) is 0 Å². The minimum Gasteiger partial charge on any atom is -0.461 e. The predicted molar refractivity (Wildman–Crippen MR) is 64.0 cm³/mol. The molecule has 2 aromatic rings. The van der Waals surface area contributed by atoms with Crippen molar-refractivity contribution in [1.29, 1.82) is 0 Å². The van der Waals surface area contributed by atoms with E-state index in [1.165, 1.54) is 18.3 Å². The Morgan fingerprint density at radius 3 is 2.81 bits per heavy atom. The van der Waals surface area contributed by atoms with Gasteiger partial charge in [0.15, 0.2) is 5.69 Å². The second kappa shape index (κ2) is 5.81. The fraction of sp³-hybridized carbons (Fsp3) is 0.250. The maximum atomic E-state index is 12.2. The second-order valence-electron chi connectivity index (χ2n) is 3.81. The molecule has 6 nitrogen and oxygen atoms in total. The van der Waals surface area contributed by atoms with Crippen LogP contribution in [-0.4, -0.2) is 33.9 Å². The van der Waals surface area contributed by atoms with Crippen molar-refractivity contribution >= 4 is 5.97 Å². The van der Waals surface area contributed by atoms with E-state index >= 15 is 0 Å². The number of esters is 1. The Morgan fingerprint density at radius 1 is 1.38 bits per heavy atom. The minimum atomic E-state index is -4.78. The molecule has 0 bridgehead atoms. The Hall–Kier alpha value is -2.58. The van der Waals surface area contributed by atoms with Gasteiger partial charge in [0, 0.05) is 6.07 Å². The molecule has 0 amide bonds. The van der Waals surface area contributed by atoms with E-state index in [2.05, 4.69) is 15.0 Å². The van der Waals surface area contributed by atoms with Crippen molar-refractivity contribution in [3.05, 3.63) is 36.2 Å². The average Bonchev–Trinajstić information content (AvgIpc) is 2.87. The highest BCUT2D eigenvalue weighted by Gasteiger charge is 2.31. The van der Waals surface area contributed by atoms with Gasteiger partial charge in [-0.15, -0.1) is 18.3 Å². The summed E-state index contributed by atoms with van der Waals surface area (Å²) in [6.07, 6.45) is -3.53. The summed E-state index contributed by atoms with van der Waals surface area (Å²) in [6, 6.07) is 5.13. The first kappa shape index (κ1) is 14.8. The first-order chi connectivity index (χ1) is 9.89. The average molecular weight is 301 g/mol. The molecule has 0 aliphatic rings. The monoisotopic (exact) mass is 301 g/mol. The molecule has 0 spiro atoms. The largest absolute Gasteiger partial charge is 0.573 e. The highest BCUT2D eigenvalue weighted by molar-refractivity contribution is 5.86. The van der Waals surface area contributed by atoms with Gasteiger partial charge < -0.3 is 9.47 Å². The van der Waals surface area contributed by atoms with Crippen molar-refractivity contribution in [1.82, 2.24) is 15.0 Å². The van der Waals surface area contributed by atoms with Gasteiger partial charge in [0.2, 0.25) is 0 Å². The van der Waals surface area contributed by atoms with Crippen LogP contribution in [-0.2, 0) is 4.74 Å². The van der Waals surface area contributed by atoms with Crippen molar-refractivity contribution in [2.45, 2.75) is 13.3 Å². The zero-order chi connectivity index (χ0) is 15.5. The van der Waals surface area contributed by atoms with Gasteiger partial charge in [-0.3, -0.25) is 0 Å². The maximum Gasteiger partial charge on any atom is 0.573 e. The number of hydrogen-bond donors (Lipinski definition) is 0. The zero-order valence-corrected chi connectivity index (χ0v) is 10.8. The van der Waals surface area contributed by atoms with E-state index in [9.17, 15) is 18.0 Å². The maximum absolute atomic E-state index is 12.2. The molecule has 1 aromatic heterocycles. The van der Waals surface area contributed by atoms with Crippen LogP contribution in [0.3, 0.4) is 0 Å². The van der Waals surface area contributed by atoms with Gasteiger partial charge in [-0.25, -0.2) is 9.48 Å². The van der Waals surface area contributed by atoms with Crippen LogP contribution in [0.25, 0.3) is 5.69 Å². The van der Waals surface area contributed by atoms with Crippen molar-refractivity contribution in [3.8, 4) is 11.4 Å². The zero-order valence-electron chi connectivity index (χ0n) is 10.8. The number of alkyl halides is 3. The third-order valence-electron chi connectivity index (χ3n) is 2.29. The van der Waals surface area contributed by atoms with Crippen LogP contribution in [0.1, 0.15) is 17.4 Å². The lowest BCUT2D eigenvalue weighted by atomic mass is 10.3. The molecule has 0 unspecified atom stereocenters. The third kappa shape index (κ3) is 3.94. The molecule has 0 saturated carbocycles. The molecule has 21 heavy (non-hydrogen) atoms. The summed E-state index contributed by atoms with van der Waals surface area (Å²) >= 11 is 0. The van der Waals surface area contributed by atoms with Gasteiger partial charge in [0.1, 0.15) is 5.75 Å². The van der Waals surface area contributed by atoms with Crippen LogP contribution in [0.2, 0.25) is 0 Å². The Balaban J connectivity index is 2.22. The molecule has 0 radical (unpaired) electrons. The van der Waals surface area contributed by atoms with Crippen molar-refractivity contribution in [2.75, 3.05) is 6.61 Å². The van der Waals surface area contributed by atoms with Gasteiger partial charge in [0.05, 0.1) is 18.5 Å². The highest BCUT2D eigenvalue weighted by atomic mass is 19.4. The number of hydrogen-bond acceptors (Lipinski definition) is 5. The molecule has 0 aliphatic heterocycles. The standard InChI is InChI=1S/C12H10F3N3O3/c1-2-20-11(19)10-7-18(17-16-10)8-4-3-5-9(6-8)21-12(13,14)15/h3-7H,2H2,1H3. The Kier molecular flexibility index (Phi) is 4.10. The summed E-state index contributed by atoms with van der Waals surface area (Å²) in [5.74, 6) is -1.06. The number of carbonyl (C=O) groups excluding carboxylic acids is 1. The van der Waals surface area contributed by atoms with E-state index < -0.39 is 18.1 Å². The number of halogens is 3. The van der Waals surface area contributed by atoms with Gasteiger partial charge >= 0.3 is 12.3 Å². The fourth-order valence-corrected chi connectivity index (χ4v) is 1.51. The quantitative estimate of drug-likeness (QED) is 0.811.